The average Bonchev–Trinajstić information content (AvgIpc) is 2.65. The summed E-state index contributed by atoms with van der Waals surface area (Å²) in [5.74, 6) is 0.944. The maximum Gasteiger partial charge on any atom is 0.410 e. The fourth-order valence-corrected chi connectivity index (χ4v) is 3.38. The molecule has 0 unspecified atom stereocenters. The van der Waals surface area contributed by atoms with Crippen molar-refractivity contribution in [2.75, 3.05) is 57.3 Å². The van der Waals surface area contributed by atoms with Gasteiger partial charge in [-0.2, -0.15) is 0 Å². The van der Waals surface area contributed by atoms with Crippen LogP contribution in [0.4, 0.5) is 10.5 Å². The minimum absolute atomic E-state index is 0.225. The third kappa shape index (κ3) is 6.30. The third-order valence-corrected chi connectivity index (χ3v) is 5.09. The van der Waals surface area contributed by atoms with Gasteiger partial charge in [-0.15, -0.1) is 0 Å². The number of carbonyl (C=O) groups excluding carboxylic acids is 1. The van der Waals surface area contributed by atoms with Crippen LogP contribution in [0.3, 0.4) is 0 Å². The first-order valence-electron chi connectivity index (χ1n) is 10.4. The van der Waals surface area contributed by atoms with Gasteiger partial charge in [0.15, 0.2) is 0 Å². The molecule has 1 aromatic rings. The fraction of sp³-hybridized carbons (Fsp3) is 0.682. The highest BCUT2D eigenvalue weighted by atomic mass is 16.6. The molecule has 0 spiro atoms. The van der Waals surface area contributed by atoms with E-state index in [1.54, 1.807) is 4.90 Å². The quantitative estimate of drug-likeness (QED) is 0.708. The largest absolute Gasteiger partial charge is 0.492 e. The van der Waals surface area contributed by atoms with Crippen LogP contribution in [0.15, 0.2) is 18.2 Å². The molecule has 1 aromatic carbocycles. The molecule has 0 saturated carbocycles. The van der Waals surface area contributed by atoms with E-state index in [0.717, 1.165) is 44.0 Å². The lowest BCUT2D eigenvalue weighted by atomic mass is 10.1. The molecule has 6 heteroatoms. The van der Waals surface area contributed by atoms with Crippen molar-refractivity contribution < 1.29 is 14.3 Å². The summed E-state index contributed by atoms with van der Waals surface area (Å²) >= 11 is 0. The Hall–Kier alpha value is -1.95. The van der Waals surface area contributed by atoms with Crippen LogP contribution in [0.1, 0.15) is 40.2 Å². The van der Waals surface area contributed by atoms with Crippen molar-refractivity contribution in [1.82, 2.24) is 9.80 Å². The highest BCUT2D eigenvalue weighted by molar-refractivity contribution is 5.69. The number of amides is 1. The lowest BCUT2D eigenvalue weighted by Crippen LogP contribution is -2.50. The van der Waals surface area contributed by atoms with Gasteiger partial charge in [0.05, 0.1) is 0 Å². The molecule has 158 valence electrons. The molecule has 1 heterocycles. The number of nitrogens with zero attached hydrogens (tertiary/aromatic N) is 3. The highest BCUT2D eigenvalue weighted by Crippen LogP contribution is 2.29. The monoisotopic (exact) mass is 391 g/mol. The van der Waals surface area contributed by atoms with Gasteiger partial charge in [-0.25, -0.2) is 4.79 Å². The molecule has 2 rings (SSSR count). The minimum atomic E-state index is -0.457. The van der Waals surface area contributed by atoms with Crippen LogP contribution in [-0.4, -0.2) is 73.9 Å². The lowest BCUT2D eigenvalue weighted by molar-refractivity contribution is 0.0240. The SMILES string of the molecule is CCN(CC)CCOc1cccc(N2CCN(C(=O)OC(C)(C)C)CC2)c1C. The summed E-state index contributed by atoms with van der Waals surface area (Å²) in [5, 5.41) is 0. The molecule has 1 aliphatic rings. The van der Waals surface area contributed by atoms with Crippen LogP contribution in [0.25, 0.3) is 0 Å². The number of likely N-dealkylation sites (N-methyl/N-ethyl adjacent to an activating group) is 1. The Morgan fingerprint density at radius 3 is 2.32 bits per heavy atom. The maximum absolute atomic E-state index is 12.3. The van der Waals surface area contributed by atoms with E-state index in [2.05, 4.69) is 42.7 Å². The Kier molecular flexibility index (Phi) is 7.98. The summed E-state index contributed by atoms with van der Waals surface area (Å²) in [7, 11) is 0. The van der Waals surface area contributed by atoms with Gasteiger partial charge >= 0.3 is 6.09 Å². The number of hydrogen-bond acceptors (Lipinski definition) is 5. The summed E-state index contributed by atoms with van der Waals surface area (Å²) in [5.41, 5.74) is 1.89. The normalized spacial score (nSPS) is 15.1. The van der Waals surface area contributed by atoms with Gasteiger partial charge in [0.1, 0.15) is 18.0 Å². The fourth-order valence-electron chi connectivity index (χ4n) is 3.38. The zero-order chi connectivity index (χ0) is 20.7. The predicted molar refractivity (Wildman–Crippen MR) is 114 cm³/mol. The molecule has 1 aliphatic heterocycles. The van der Waals surface area contributed by atoms with E-state index in [1.165, 1.54) is 5.69 Å². The molecular weight excluding hydrogens is 354 g/mol. The number of benzene rings is 1. The van der Waals surface area contributed by atoms with Crippen LogP contribution < -0.4 is 9.64 Å². The van der Waals surface area contributed by atoms with Crippen LogP contribution in [-0.2, 0) is 4.74 Å². The van der Waals surface area contributed by atoms with Gasteiger partial charge in [0, 0.05) is 44.0 Å². The first-order chi connectivity index (χ1) is 13.2. The molecule has 6 nitrogen and oxygen atoms in total. The summed E-state index contributed by atoms with van der Waals surface area (Å²) < 4.78 is 11.6. The Morgan fingerprint density at radius 2 is 1.75 bits per heavy atom. The summed E-state index contributed by atoms with van der Waals surface area (Å²) in [6.07, 6.45) is -0.225. The van der Waals surface area contributed by atoms with Crippen LogP contribution in [0.2, 0.25) is 0 Å². The van der Waals surface area contributed by atoms with E-state index in [-0.39, 0.29) is 6.09 Å². The number of carbonyl (C=O) groups is 1. The third-order valence-electron chi connectivity index (χ3n) is 5.09. The van der Waals surface area contributed by atoms with Crippen molar-refractivity contribution in [2.45, 2.75) is 47.1 Å². The predicted octanol–water partition coefficient (Wildman–Crippen LogP) is 3.77. The zero-order valence-corrected chi connectivity index (χ0v) is 18.5. The highest BCUT2D eigenvalue weighted by Gasteiger charge is 2.26. The van der Waals surface area contributed by atoms with Gasteiger partial charge in [0.25, 0.3) is 0 Å². The van der Waals surface area contributed by atoms with Crippen molar-refractivity contribution in [3.05, 3.63) is 23.8 Å². The van der Waals surface area contributed by atoms with Crippen LogP contribution in [0, 0.1) is 6.92 Å². The molecule has 0 N–H and O–H groups in total. The van der Waals surface area contributed by atoms with Crippen molar-refractivity contribution in [1.29, 1.82) is 0 Å². The average molecular weight is 392 g/mol. The molecule has 0 radical (unpaired) electrons. The zero-order valence-electron chi connectivity index (χ0n) is 18.5. The topological polar surface area (TPSA) is 45.2 Å². The Labute approximate surface area is 170 Å². The van der Waals surface area contributed by atoms with E-state index >= 15 is 0 Å². The van der Waals surface area contributed by atoms with E-state index in [4.69, 9.17) is 9.47 Å². The summed E-state index contributed by atoms with van der Waals surface area (Å²) in [4.78, 5) is 18.7. The molecule has 28 heavy (non-hydrogen) atoms. The summed E-state index contributed by atoms with van der Waals surface area (Å²) in [6, 6.07) is 6.23. The number of hydrogen-bond donors (Lipinski definition) is 0. The number of anilines is 1. The molecule has 1 saturated heterocycles. The van der Waals surface area contributed by atoms with Crippen molar-refractivity contribution in [2.24, 2.45) is 0 Å². The smallest absolute Gasteiger partial charge is 0.410 e. The Bertz CT molecular complexity index is 630. The van der Waals surface area contributed by atoms with Gasteiger partial charge < -0.3 is 24.2 Å². The van der Waals surface area contributed by atoms with Crippen LogP contribution in [0.5, 0.6) is 5.75 Å². The first kappa shape index (κ1) is 22.3. The van der Waals surface area contributed by atoms with E-state index in [9.17, 15) is 4.79 Å². The minimum Gasteiger partial charge on any atom is -0.492 e. The second-order valence-electron chi connectivity index (χ2n) is 8.23. The van der Waals surface area contributed by atoms with Crippen molar-refractivity contribution in [3.63, 3.8) is 0 Å². The molecule has 1 fully saturated rings. The van der Waals surface area contributed by atoms with E-state index in [0.29, 0.717) is 19.7 Å². The first-order valence-corrected chi connectivity index (χ1v) is 10.4. The standard InChI is InChI=1S/C22H37N3O3/c1-7-23(8-2)16-17-27-20-11-9-10-19(18(20)3)24-12-14-25(15-13-24)21(26)28-22(4,5)6/h9-11H,7-8,12-17H2,1-6H3. The number of piperazine rings is 1. The number of rotatable bonds is 7. The van der Waals surface area contributed by atoms with E-state index in [1.807, 2.05) is 26.8 Å². The van der Waals surface area contributed by atoms with Crippen LogP contribution >= 0.6 is 0 Å². The van der Waals surface area contributed by atoms with Gasteiger partial charge in [-0.05, 0) is 52.9 Å². The Morgan fingerprint density at radius 1 is 1.11 bits per heavy atom. The maximum atomic E-state index is 12.3. The molecular formula is C22H37N3O3. The Balaban J connectivity index is 1.93. The lowest BCUT2D eigenvalue weighted by Gasteiger charge is -2.37. The summed E-state index contributed by atoms with van der Waals surface area (Å²) in [6.45, 7) is 18.8. The molecule has 0 aromatic heterocycles. The van der Waals surface area contributed by atoms with Gasteiger partial charge in [0.2, 0.25) is 0 Å². The molecule has 0 bridgehead atoms. The second kappa shape index (κ2) is 10.0. The van der Waals surface area contributed by atoms with Crippen molar-refractivity contribution in [3.8, 4) is 5.75 Å². The van der Waals surface area contributed by atoms with Gasteiger partial charge in [-0.1, -0.05) is 19.9 Å². The second-order valence-corrected chi connectivity index (χ2v) is 8.23. The van der Waals surface area contributed by atoms with Crippen molar-refractivity contribution >= 4 is 11.8 Å². The van der Waals surface area contributed by atoms with Gasteiger partial charge in [-0.3, -0.25) is 0 Å². The number of ether oxygens (including phenoxy) is 2. The van der Waals surface area contributed by atoms with E-state index < -0.39 is 5.60 Å². The molecule has 0 aliphatic carbocycles. The molecule has 0 atom stereocenters. The molecule has 1 amide bonds.